The number of hydrogen-bond donors (Lipinski definition) is 0. The van der Waals surface area contributed by atoms with Crippen LogP contribution in [0, 0.1) is 12.8 Å². The molecule has 0 bridgehead atoms. The molecule has 1 fully saturated rings. The van der Waals surface area contributed by atoms with Gasteiger partial charge in [0.25, 0.3) is 0 Å². The van der Waals surface area contributed by atoms with Gasteiger partial charge >= 0.3 is 5.97 Å². The number of pyridine rings is 1. The molecular formula is C14H20N2O2. The van der Waals surface area contributed by atoms with Gasteiger partial charge in [0.2, 0.25) is 0 Å². The number of carbonyl (C=O) groups is 1. The van der Waals surface area contributed by atoms with Gasteiger partial charge < -0.3 is 4.74 Å². The van der Waals surface area contributed by atoms with E-state index in [4.69, 9.17) is 4.74 Å². The van der Waals surface area contributed by atoms with Crippen molar-refractivity contribution in [3.8, 4) is 0 Å². The van der Waals surface area contributed by atoms with Crippen LogP contribution in [0.2, 0.25) is 0 Å². The molecule has 1 saturated heterocycles. The van der Waals surface area contributed by atoms with E-state index >= 15 is 0 Å². The lowest BCUT2D eigenvalue weighted by Crippen LogP contribution is -2.36. The maximum absolute atomic E-state index is 11.4. The van der Waals surface area contributed by atoms with Crippen LogP contribution in [0.15, 0.2) is 18.2 Å². The normalized spacial score (nSPS) is 17.7. The lowest BCUT2D eigenvalue weighted by molar-refractivity contribution is -0.147. The summed E-state index contributed by atoms with van der Waals surface area (Å²) in [6.07, 6.45) is 1.77. The van der Waals surface area contributed by atoms with Crippen LogP contribution in [0.25, 0.3) is 0 Å². The first-order valence-corrected chi connectivity index (χ1v) is 6.42. The summed E-state index contributed by atoms with van der Waals surface area (Å²) >= 11 is 0. The molecule has 0 unspecified atom stereocenters. The number of aryl methyl sites for hydroxylation is 1. The van der Waals surface area contributed by atoms with Gasteiger partial charge in [0, 0.05) is 12.2 Å². The minimum Gasteiger partial charge on any atom is -0.469 e. The first-order chi connectivity index (χ1) is 8.69. The van der Waals surface area contributed by atoms with E-state index in [0.29, 0.717) is 0 Å². The molecule has 1 aromatic rings. The Kier molecular flexibility index (Phi) is 4.31. The molecule has 0 radical (unpaired) electrons. The zero-order valence-corrected chi connectivity index (χ0v) is 11.1. The van der Waals surface area contributed by atoms with Crippen LogP contribution in [0.4, 0.5) is 0 Å². The molecule has 0 spiro atoms. The molecule has 1 aliphatic heterocycles. The number of aromatic nitrogens is 1. The molecule has 0 aliphatic carbocycles. The molecule has 0 aromatic carbocycles. The van der Waals surface area contributed by atoms with E-state index in [1.807, 2.05) is 19.1 Å². The Labute approximate surface area is 108 Å². The summed E-state index contributed by atoms with van der Waals surface area (Å²) < 4.78 is 4.79. The fourth-order valence-electron chi connectivity index (χ4n) is 2.41. The van der Waals surface area contributed by atoms with Crippen LogP contribution in [0.1, 0.15) is 24.2 Å². The van der Waals surface area contributed by atoms with Crippen molar-refractivity contribution in [2.75, 3.05) is 20.2 Å². The van der Waals surface area contributed by atoms with Crippen molar-refractivity contribution in [2.45, 2.75) is 26.3 Å². The number of carbonyl (C=O) groups excluding carboxylic acids is 1. The maximum atomic E-state index is 11.4. The van der Waals surface area contributed by atoms with Crippen molar-refractivity contribution < 1.29 is 9.53 Å². The molecule has 1 aliphatic rings. The first-order valence-electron chi connectivity index (χ1n) is 6.42. The van der Waals surface area contributed by atoms with Crippen LogP contribution in [-0.4, -0.2) is 36.1 Å². The number of nitrogens with zero attached hydrogens (tertiary/aromatic N) is 2. The Morgan fingerprint density at radius 1 is 1.44 bits per heavy atom. The molecule has 2 rings (SSSR count). The van der Waals surface area contributed by atoms with Gasteiger partial charge in [-0.15, -0.1) is 0 Å². The van der Waals surface area contributed by atoms with E-state index < -0.39 is 0 Å². The van der Waals surface area contributed by atoms with E-state index in [9.17, 15) is 4.79 Å². The van der Waals surface area contributed by atoms with Crippen molar-refractivity contribution in [1.82, 2.24) is 9.88 Å². The minimum atomic E-state index is -0.0664. The fraction of sp³-hybridized carbons (Fsp3) is 0.571. The topological polar surface area (TPSA) is 42.4 Å². The zero-order valence-electron chi connectivity index (χ0n) is 11.1. The highest BCUT2D eigenvalue weighted by Gasteiger charge is 2.25. The highest BCUT2D eigenvalue weighted by atomic mass is 16.5. The zero-order chi connectivity index (χ0) is 13.0. The SMILES string of the molecule is COC(=O)C1CCN(Cc2cccc(C)n2)CC1. The Morgan fingerprint density at radius 2 is 2.17 bits per heavy atom. The second kappa shape index (κ2) is 5.96. The van der Waals surface area contributed by atoms with E-state index in [1.165, 1.54) is 7.11 Å². The number of rotatable bonds is 3. The Morgan fingerprint density at radius 3 is 2.78 bits per heavy atom. The van der Waals surface area contributed by atoms with Crippen molar-refractivity contribution in [3.05, 3.63) is 29.6 Å². The number of esters is 1. The van der Waals surface area contributed by atoms with Gasteiger partial charge in [-0.05, 0) is 45.0 Å². The second-order valence-electron chi connectivity index (χ2n) is 4.84. The van der Waals surface area contributed by atoms with Crippen molar-refractivity contribution in [3.63, 3.8) is 0 Å². The molecular weight excluding hydrogens is 228 g/mol. The molecule has 0 amide bonds. The minimum absolute atomic E-state index is 0.0664. The Balaban J connectivity index is 1.85. The van der Waals surface area contributed by atoms with Crippen LogP contribution in [0.5, 0.6) is 0 Å². The van der Waals surface area contributed by atoms with Crippen molar-refractivity contribution >= 4 is 5.97 Å². The van der Waals surface area contributed by atoms with E-state index in [2.05, 4.69) is 16.0 Å². The van der Waals surface area contributed by atoms with E-state index in [0.717, 1.165) is 43.9 Å². The van der Waals surface area contributed by atoms with Crippen LogP contribution >= 0.6 is 0 Å². The third-order valence-electron chi connectivity index (χ3n) is 3.45. The summed E-state index contributed by atoms with van der Waals surface area (Å²) in [4.78, 5) is 18.3. The van der Waals surface area contributed by atoms with E-state index in [-0.39, 0.29) is 11.9 Å². The monoisotopic (exact) mass is 248 g/mol. The number of methoxy groups -OCH3 is 1. The maximum Gasteiger partial charge on any atom is 0.308 e. The third-order valence-corrected chi connectivity index (χ3v) is 3.45. The smallest absolute Gasteiger partial charge is 0.308 e. The first kappa shape index (κ1) is 13.0. The van der Waals surface area contributed by atoms with Crippen LogP contribution in [0.3, 0.4) is 0 Å². The molecule has 0 saturated carbocycles. The summed E-state index contributed by atoms with van der Waals surface area (Å²) in [6, 6.07) is 6.10. The average molecular weight is 248 g/mol. The lowest BCUT2D eigenvalue weighted by atomic mass is 9.97. The molecule has 0 atom stereocenters. The molecule has 18 heavy (non-hydrogen) atoms. The number of likely N-dealkylation sites (tertiary alicyclic amines) is 1. The predicted molar refractivity (Wildman–Crippen MR) is 69.0 cm³/mol. The predicted octanol–water partition coefficient (Wildman–Crippen LogP) is 1.78. The summed E-state index contributed by atoms with van der Waals surface area (Å²) in [5, 5.41) is 0. The van der Waals surface area contributed by atoms with Crippen LogP contribution < -0.4 is 0 Å². The summed E-state index contributed by atoms with van der Waals surface area (Å²) in [5.41, 5.74) is 2.16. The van der Waals surface area contributed by atoms with Crippen molar-refractivity contribution in [1.29, 1.82) is 0 Å². The number of piperidine rings is 1. The number of hydrogen-bond acceptors (Lipinski definition) is 4. The standard InChI is InChI=1S/C14H20N2O2/c1-11-4-3-5-13(15-11)10-16-8-6-12(7-9-16)14(17)18-2/h3-5,12H,6-10H2,1-2H3. The molecule has 98 valence electrons. The number of ether oxygens (including phenoxy) is 1. The summed E-state index contributed by atoms with van der Waals surface area (Å²) in [6.45, 7) is 4.76. The van der Waals surface area contributed by atoms with E-state index in [1.54, 1.807) is 0 Å². The average Bonchev–Trinajstić information content (AvgIpc) is 2.39. The molecule has 0 N–H and O–H groups in total. The quantitative estimate of drug-likeness (QED) is 0.765. The van der Waals surface area contributed by atoms with Gasteiger partial charge in [-0.25, -0.2) is 0 Å². The molecule has 1 aromatic heterocycles. The van der Waals surface area contributed by atoms with Gasteiger partial charge in [-0.2, -0.15) is 0 Å². The highest BCUT2D eigenvalue weighted by molar-refractivity contribution is 5.72. The van der Waals surface area contributed by atoms with Gasteiger partial charge in [0.15, 0.2) is 0 Å². The lowest BCUT2D eigenvalue weighted by Gasteiger charge is -2.30. The summed E-state index contributed by atoms with van der Waals surface area (Å²) in [7, 11) is 1.46. The Bertz CT molecular complexity index is 412. The highest BCUT2D eigenvalue weighted by Crippen LogP contribution is 2.19. The molecule has 4 heteroatoms. The van der Waals surface area contributed by atoms with Gasteiger partial charge in [-0.1, -0.05) is 6.07 Å². The van der Waals surface area contributed by atoms with Gasteiger partial charge in [0.05, 0.1) is 18.7 Å². The molecule has 4 nitrogen and oxygen atoms in total. The summed E-state index contributed by atoms with van der Waals surface area (Å²) in [5.74, 6) is 0.0139. The fourth-order valence-corrected chi connectivity index (χ4v) is 2.41. The van der Waals surface area contributed by atoms with Gasteiger partial charge in [0.1, 0.15) is 0 Å². The molecule has 2 heterocycles. The van der Waals surface area contributed by atoms with Crippen molar-refractivity contribution in [2.24, 2.45) is 5.92 Å². The third kappa shape index (κ3) is 3.29. The van der Waals surface area contributed by atoms with Gasteiger partial charge in [-0.3, -0.25) is 14.7 Å². The van der Waals surface area contributed by atoms with Crippen LogP contribution in [-0.2, 0) is 16.1 Å². The second-order valence-corrected chi connectivity index (χ2v) is 4.84. The Hall–Kier alpha value is -1.42. The largest absolute Gasteiger partial charge is 0.469 e.